The zero-order valence-electron chi connectivity index (χ0n) is 15.9. The van der Waals surface area contributed by atoms with Gasteiger partial charge in [0.15, 0.2) is 5.82 Å². The average Bonchev–Trinajstić information content (AvgIpc) is 3.14. The van der Waals surface area contributed by atoms with Crippen LogP contribution in [-0.4, -0.2) is 30.6 Å². The van der Waals surface area contributed by atoms with Crippen molar-refractivity contribution in [1.29, 1.82) is 0 Å². The fraction of sp³-hybridized carbons (Fsp3) is 0.100. The predicted octanol–water partition coefficient (Wildman–Crippen LogP) is 4.42. The number of rotatable bonds is 5. The minimum atomic E-state index is -4.85. The van der Waals surface area contributed by atoms with Crippen LogP contribution in [0.15, 0.2) is 48.8 Å². The number of carbonyl (C=O) groups is 1. The number of carboxylic acids is 1. The van der Waals surface area contributed by atoms with Crippen molar-refractivity contribution in [3.05, 3.63) is 77.4 Å². The Kier molecular flexibility index (Phi) is 5.20. The number of aromatic carboxylic acids is 1. The summed E-state index contributed by atoms with van der Waals surface area (Å²) in [5, 5.41) is 11.8. The molecule has 0 amide bonds. The third-order valence-electron chi connectivity index (χ3n) is 4.49. The summed E-state index contributed by atoms with van der Waals surface area (Å²) in [4.78, 5) is 22.6. The van der Waals surface area contributed by atoms with Crippen LogP contribution in [0.4, 0.5) is 27.8 Å². The van der Waals surface area contributed by atoms with E-state index in [9.17, 15) is 26.7 Å². The molecule has 2 aromatic heterocycles. The minimum Gasteiger partial charge on any atom is -0.478 e. The highest BCUT2D eigenvalue weighted by Gasteiger charge is 2.38. The van der Waals surface area contributed by atoms with Gasteiger partial charge in [-0.15, -0.1) is 0 Å². The lowest BCUT2D eigenvalue weighted by atomic mass is 10.2. The number of alkyl halides is 3. The normalized spacial score (nSPS) is 11.7. The molecule has 4 rings (SSSR count). The molecule has 4 aromatic rings. The summed E-state index contributed by atoms with van der Waals surface area (Å²) in [6, 6.07) is 6.32. The molecule has 32 heavy (non-hydrogen) atoms. The van der Waals surface area contributed by atoms with Gasteiger partial charge in [-0.1, -0.05) is 0 Å². The lowest BCUT2D eigenvalue weighted by Gasteiger charge is -2.11. The van der Waals surface area contributed by atoms with Gasteiger partial charge in [0, 0.05) is 12.1 Å². The summed E-state index contributed by atoms with van der Waals surface area (Å²) in [6.07, 6.45) is -2.67. The fourth-order valence-corrected chi connectivity index (χ4v) is 3.03. The molecule has 0 fully saturated rings. The molecule has 7 nitrogen and oxygen atoms in total. The largest absolute Gasteiger partial charge is 0.478 e. The third kappa shape index (κ3) is 4.06. The van der Waals surface area contributed by atoms with Crippen molar-refractivity contribution in [2.75, 3.05) is 5.32 Å². The highest BCUT2D eigenvalue weighted by molar-refractivity contribution is 5.92. The number of nitrogens with zero attached hydrogens (tertiary/aromatic N) is 4. The van der Waals surface area contributed by atoms with Crippen LogP contribution in [0.5, 0.6) is 0 Å². The van der Waals surface area contributed by atoms with Gasteiger partial charge in [-0.3, -0.25) is 4.57 Å². The molecule has 2 aromatic carbocycles. The molecule has 164 valence electrons. The molecular weight excluding hydrogens is 437 g/mol. The molecule has 2 N–H and O–H groups in total. The number of carboxylic acid groups (broad SMARTS) is 1. The van der Waals surface area contributed by atoms with Gasteiger partial charge in [-0.25, -0.2) is 28.5 Å². The second kappa shape index (κ2) is 7.87. The van der Waals surface area contributed by atoms with Crippen molar-refractivity contribution in [3.8, 4) is 5.82 Å². The van der Waals surface area contributed by atoms with Gasteiger partial charge in [-0.2, -0.15) is 13.2 Å². The monoisotopic (exact) mass is 449 g/mol. The summed E-state index contributed by atoms with van der Waals surface area (Å²) in [7, 11) is 0. The highest BCUT2D eigenvalue weighted by Crippen LogP contribution is 2.33. The molecule has 0 aliphatic rings. The number of imidazole rings is 1. The number of halogens is 5. The first-order valence-electron chi connectivity index (χ1n) is 8.96. The molecule has 0 saturated heterocycles. The van der Waals surface area contributed by atoms with Crippen LogP contribution in [-0.2, 0) is 12.7 Å². The maximum absolute atomic E-state index is 13.7. The van der Waals surface area contributed by atoms with E-state index < -0.39 is 29.6 Å². The Morgan fingerprint density at radius 2 is 1.84 bits per heavy atom. The topological polar surface area (TPSA) is 92.9 Å². The van der Waals surface area contributed by atoms with Crippen LogP contribution in [0, 0.1) is 11.6 Å². The third-order valence-corrected chi connectivity index (χ3v) is 4.49. The first kappa shape index (κ1) is 21.2. The molecule has 0 atom stereocenters. The summed E-state index contributed by atoms with van der Waals surface area (Å²) >= 11 is 0. The van der Waals surface area contributed by atoms with Gasteiger partial charge in [0.1, 0.15) is 17.5 Å². The van der Waals surface area contributed by atoms with Gasteiger partial charge in [0.05, 0.1) is 29.0 Å². The van der Waals surface area contributed by atoms with Gasteiger partial charge in [0.25, 0.3) is 0 Å². The first-order valence-corrected chi connectivity index (χ1v) is 8.96. The molecule has 0 bridgehead atoms. The van der Waals surface area contributed by atoms with Crippen molar-refractivity contribution in [1.82, 2.24) is 19.5 Å². The van der Waals surface area contributed by atoms with Crippen molar-refractivity contribution in [2.24, 2.45) is 0 Å². The summed E-state index contributed by atoms with van der Waals surface area (Å²) in [5.41, 5.74) is -0.377. The van der Waals surface area contributed by atoms with E-state index in [2.05, 4.69) is 20.3 Å². The molecule has 0 aliphatic carbocycles. The smallest absolute Gasteiger partial charge is 0.450 e. The molecule has 12 heteroatoms. The zero-order valence-corrected chi connectivity index (χ0v) is 15.9. The Hall–Kier alpha value is -4.09. The van der Waals surface area contributed by atoms with Crippen molar-refractivity contribution in [2.45, 2.75) is 12.7 Å². The van der Waals surface area contributed by atoms with Crippen LogP contribution in [0.2, 0.25) is 0 Å². The van der Waals surface area contributed by atoms with Crippen LogP contribution in [0.25, 0.3) is 16.9 Å². The molecule has 0 radical (unpaired) electrons. The quantitative estimate of drug-likeness (QED) is 0.438. The van der Waals surface area contributed by atoms with Crippen molar-refractivity contribution >= 4 is 22.8 Å². The maximum Gasteiger partial charge on any atom is 0.450 e. The lowest BCUT2D eigenvalue weighted by molar-refractivity contribution is -0.145. The van der Waals surface area contributed by atoms with Gasteiger partial charge < -0.3 is 10.4 Å². The number of aromatic nitrogens is 4. The van der Waals surface area contributed by atoms with E-state index in [0.717, 1.165) is 42.7 Å². The first-order chi connectivity index (χ1) is 15.1. The highest BCUT2D eigenvalue weighted by atomic mass is 19.4. The molecular formula is C20H12F5N5O2. The number of nitrogens with one attached hydrogen (secondary N) is 1. The summed E-state index contributed by atoms with van der Waals surface area (Å²) in [6.45, 7) is -0.128. The Labute approximate surface area is 176 Å². The predicted molar refractivity (Wildman–Crippen MR) is 102 cm³/mol. The van der Waals surface area contributed by atoms with Gasteiger partial charge in [0.2, 0.25) is 5.82 Å². The SMILES string of the molecule is O=C(O)c1ccc2c(c1)nc(C(F)(F)F)n2-c1cnc(NCc2cc(F)ccc2F)cn1. The van der Waals surface area contributed by atoms with Crippen LogP contribution >= 0.6 is 0 Å². The van der Waals surface area contributed by atoms with Gasteiger partial charge in [-0.05, 0) is 36.4 Å². The zero-order chi connectivity index (χ0) is 23.0. The van der Waals surface area contributed by atoms with E-state index in [1.807, 2.05) is 0 Å². The van der Waals surface area contributed by atoms with Crippen LogP contribution in [0.3, 0.4) is 0 Å². The van der Waals surface area contributed by atoms with Crippen molar-refractivity contribution in [3.63, 3.8) is 0 Å². The minimum absolute atomic E-state index is 0.0147. The number of benzene rings is 2. The van der Waals surface area contributed by atoms with E-state index in [1.165, 1.54) is 6.07 Å². The Bertz CT molecular complexity index is 1320. The van der Waals surface area contributed by atoms with Gasteiger partial charge >= 0.3 is 12.1 Å². The van der Waals surface area contributed by atoms with E-state index >= 15 is 0 Å². The van der Waals surface area contributed by atoms with Crippen molar-refractivity contribution < 1.29 is 31.9 Å². The standard InChI is InChI=1S/C20H12F5N5O2/c21-12-2-3-13(22)11(5-12)7-26-16-8-28-17(9-27-16)30-15-4-1-10(18(31)32)6-14(15)29-19(30)20(23,24)25/h1-6,8-9H,7H2,(H,26,27)(H,31,32). The Morgan fingerprint density at radius 1 is 1.06 bits per heavy atom. The Morgan fingerprint density at radius 3 is 2.50 bits per heavy atom. The second-order valence-corrected chi connectivity index (χ2v) is 6.63. The van der Waals surface area contributed by atoms with Crippen LogP contribution < -0.4 is 5.32 Å². The fourth-order valence-electron chi connectivity index (χ4n) is 3.03. The number of fused-ring (bicyclic) bond motifs is 1. The number of hydrogen-bond donors (Lipinski definition) is 2. The lowest BCUT2D eigenvalue weighted by Crippen LogP contribution is -2.15. The summed E-state index contributed by atoms with van der Waals surface area (Å²) in [5.74, 6) is -3.97. The van der Waals surface area contributed by atoms with E-state index in [4.69, 9.17) is 5.11 Å². The van der Waals surface area contributed by atoms with E-state index in [-0.39, 0.29) is 40.3 Å². The molecule has 0 unspecified atom stereocenters. The number of hydrogen-bond acceptors (Lipinski definition) is 5. The van der Waals surface area contributed by atoms with E-state index in [1.54, 1.807) is 0 Å². The average molecular weight is 449 g/mol. The number of anilines is 1. The van der Waals surface area contributed by atoms with E-state index in [0.29, 0.717) is 4.57 Å². The molecule has 2 heterocycles. The second-order valence-electron chi connectivity index (χ2n) is 6.63. The molecule has 0 spiro atoms. The Balaban J connectivity index is 1.68. The summed E-state index contributed by atoms with van der Waals surface area (Å²) < 4.78 is 68.4. The molecule has 0 aliphatic heterocycles. The maximum atomic E-state index is 13.7. The van der Waals surface area contributed by atoms with Crippen LogP contribution in [0.1, 0.15) is 21.7 Å². The molecule has 0 saturated carbocycles.